The van der Waals surface area contributed by atoms with Crippen LogP contribution in [0.25, 0.3) is 0 Å². The largest absolute Gasteiger partial charge is 0.508 e. The van der Waals surface area contributed by atoms with Gasteiger partial charge in [-0.3, -0.25) is 9.59 Å². The van der Waals surface area contributed by atoms with Gasteiger partial charge in [0.2, 0.25) is 5.91 Å². The first-order valence-corrected chi connectivity index (χ1v) is 7.24. The molecule has 1 aromatic heterocycles. The molecule has 2 amide bonds. The molecule has 1 heterocycles. The molecule has 1 atom stereocenters. The van der Waals surface area contributed by atoms with Gasteiger partial charge in [-0.15, -0.1) is 0 Å². The van der Waals surface area contributed by atoms with Crippen LogP contribution >= 0.6 is 0 Å². The number of hydrogen-bond donors (Lipinski definition) is 3. The molecule has 2 aromatic rings. The van der Waals surface area contributed by atoms with Crippen LogP contribution < -0.4 is 10.6 Å². The predicted molar refractivity (Wildman–Crippen MR) is 83.0 cm³/mol. The highest BCUT2D eigenvalue weighted by Crippen LogP contribution is 2.17. The Morgan fingerprint density at radius 1 is 1.39 bits per heavy atom. The van der Waals surface area contributed by atoms with Gasteiger partial charge in [0, 0.05) is 17.7 Å². The quantitative estimate of drug-likeness (QED) is 0.742. The minimum atomic E-state index is -0.687. The number of rotatable bonds is 6. The molecule has 0 saturated heterocycles. The lowest BCUT2D eigenvalue weighted by Crippen LogP contribution is -2.45. The van der Waals surface area contributed by atoms with E-state index in [4.69, 9.17) is 4.52 Å². The van der Waals surface area contributed by atoms with Crippen molar-refractivity contribution in [2.24, 2.45) is 0 Å². The molecule has 0 radical (unpaired) electrons. The van der Waals surface area contributed by atoms with Gasteiger partial charge in [0.05, 0.1) is 6.20 Å². The summed E-state index contributed by atoms with van der Waals surface area (Å²) in [6.45, 7) is 3.76. The van der Waals surface area contributed by atoms with Crippen LogP contribution in [0.15, 0.2) is 35.2 Å². The Morgan fingerprint density at radius 2 is 2.17 bits per heavy atom. The van der Waals surface area contributed by atoms with Crippen molar-refractivity contribution in [3.05, 3.63) is 47.3 Å². The Labute approximate surface area is 133 Å². The predicted octanol–water partition coefficient (Wildman–Crippen LogP) is 1.17. The smallest absolute Gasteiger partial charge is 0.252 e. The summed E-state index contributed by atoms with van der Waals surface area (Å²) in [5, 5.41) is 18.5. The van der Waals surface area contributed by atoms with E-state index in [-0.39, 0.29) is 11.7 Å². The average Bonchev–Trinajstić information content (AvgIpc) is 3.03. The van der Waals surface area contributed by atoms with Crippen LogP contribution in [0.1, 0.15) is 28.4 Å². The van der Waals surface area contributed by atoms with Crippen molar-refractivity contribution < 1.29 is 19.2 Å². The van der Waals surface area contributed by atoms with Crippen molar-refractivity contribution in [1.29, 1.82) is 0 Å². The number of aromatic nitrogens is 1. The lowest BCUT2D eigenvalue weighted by atomic mass is 10.1. The van der Waals surface area contributed by atoms with Crippen molar-refractivity contribution in [1.82, 2.24) is 15.8 Å². The van der Waals surface area contributed by atoms with Crippen molar-refractivity contribution in [3.63, 3.8) is 0 Å². The van der Waals surface area contributed by atoms with Gasteiger partial charge in [0.15, 0.2) is 0 Å². The summed E-state index contributed by atoms with van der Waals surface area (Å²) in [6, 6.07) is 3.93. The van der Waals surface area contributed by atoms with E-state index in [9.17, 15) is 14.7 Å². The molecule has 3 N–H and O–H groups in total. The molecule has 1 aromatic carbocycles. The van der Waals surface area contributed by atoms with Crippen molar-refractivity contribution in [2.75, 3.05) is 6.54 Å². The minimum Gasteiger partial charge on any atom is -0.508 e. The molecule has 2 rings (SSSR count). The number of carbonyl (C=O) groups is 2. The fraction of sp³-hybridized carbons (Fsp3) is 0.312. The van der Waals surface area contributed by atoms with Gasteiger partial charge in [-0.2, -0.15) is 0 Å². The van der Waals surface area contributed by atoms with Gasteiger partial charge >= 0.3 is 0 Å². The SMILES string of the molecule is Cc1ccc(C(=O)NC(C)C(=O)NCCc2cnoc2)cc1O. The van der Waals surface area contributed by atoms with E-state index in [1.54, 1.807) is 32.2 Å². The third kappa shape index (κ3) is 4.57. The second-order valence-electron chi connectivity index (χ2n) is 5.27. The number of nitrogens with zero attached hydrogens (tertiary/aromatic N) is 1. The van der Waals surface area contributed by atoms with Gasteiger partial charge in [0.25, 0.3) is 5.91 Å². The summed E-state index contributed by atoms with van der Waals surface area (Å²) in [5.41, 5.74) is 1.87. The summed E-state index contributed by atoms with van der Waals surface area (Å²) >= 11 is 0. The normalized spacial score (nSPS) is 11.7. The van der Waals surface area contributed by atoms with Gasteiger partial charge in [0.1, 0.15) is 18.1 Å². The zero-order valence-corrected chi connectivity index (χ0v) is 13.0. The Bertz CT molecular complexity index is 683. The van der Waals surface area contributed by atoms with E-state index in [0.29, 0.717) is 24.1 Å². The Balaban J connectivity index is 1.82. The number of hydrogen-bond acceptors (Lipinski definition) is 5. The number of aryl methyl sites for hydroxylation is 1. The number of phenolic OH excluding ortho intramolecular Hbond substituents is 1. The highest BCUT2D eigenvalue weighted by atomic mass is 16.5. The summed E-state index contributed by atoms with van der Waals surface area (Å²) in [6.07, 6.45) is 3.70. The third-order valence-electron chi connectivity index (χ3n) is 3.41. The maximum absolute atomic E-state index is 12.1. The number of phenols is 1. The highest BCUT2D eigenvalue weighted by Gasteiger charge is 2.16. The summed E-state index contributed by atoms with van der Waals surface area (Å²) in [7, 11) is 0. The minimum absolute atomic E-state index is 0.0449. The molecule has 7 heteroatoms. The second-order valence-corrected chi connectivity index (χ2v) is 5.27. The lowest BCUT2D eigenvalue weighted by molar-refractivity contribution is -0.122. The molecule has 23 heavy (non-hydrogen) atoms. The first-order valence-electron chi connectivity index (χ1n) is 7.24. The van der Waals surface area contributed by atoms with E-state index in [1.807, 2.05) is 0 Å². The van der Waals surface area contributed by atoms with Crippen LogP contribution in [0.3, 0.4) is 0 Å². The van der Waals surface area contributed by atoms with Gasteiger partial charge in [-0.1, -0.05) is 11.2 Å². The Kier molecular flexibility index (Phi) is 5.35. The number of carbonyl (C=O) groups excluding carboxylic acids is 2. The Morgan fingerprint density at radius 3 is 2.83 bits per heavy atom. The van der Waals surface area contributed by atoms with E-state index in [0.717, 1.165) is 5.56 Å². The van der Waals surface area contributed by atoms with E-state index >= 15 is 0 Å². The maximum atomic E-state index is 12.1. The van der Waals surface area contributed by atoms with Crippen molar-refractivity contribution in [2.45, 2.75) is 26.3 Å². The van der Waals surface area contributed by atoms with Crippen LogP contribution in [0, 0.1) is 6.92 Å². The standard InChI is InChI=1S/C16H19N3O4/c1-10-3-4-13(7-14(10)20)16(22)19-11(2)15(21)17-6-5-12-8-18-23-9-12/h3-4,7-9,11,20H,5-6H2,1-2H3,(H,17,21)(H,19,22). The molecule has 0 bridgehead atoms. The first kappa shape index (κ1) is 16.5. The number of amides is 2. The molecular formula is C16H19N3O4. The number of benzene rings is 1. The number of aromatic hydroxyl groups is 1. The van der Waals surface area contributed by atoms with Gasteiger partial charge in [-0.05, 0) is 38.0 Å². The van der Waals surface area contributed by atoms with Crippen molar-refractivity contribution in [3.8, 4) is 5.75 Å². The molecule has 0 spiro atoms. The van der Waals surface area contributed by atoms with Crippen LogP contribution in [-0.2, 0) is 11.2 Å². The fourth-order valence-electron chi connectivity index (χ4n) is 1.93. The van der Waals surface area contributed by atoms with Crippen LogP contribution in [0.4, 0.5) is 0 Å². The zero-order valence-electron chi connectivity index (χ0n) is 13.0. The second kappa shape index (κ2) is 7.44. The summed E-state index contributed by atoms with van der Waals surface area (Å²) < 4.78 is 4.70. The van der Waals surface area contributed by atoms with E-state index < -0.39 is 11.9 Å². The molecule has 122 valence electrons. The van der Waals surface area contributed by atoms with Crippen molar-refractivity contribution >= 4 is 11.8 Å². The van der Waals surface area contributed by atoms with Crippen LogP contribution in [0.5, 0.6) is 5.75 Å². The Hall–Kier alpha value is -2.83. The van der Waals surface area contributed by atoms with E-state index in [2.05, 4.69) is 15.8 Å². The topological polar surface area (TPSA) is 104 Å². The summed E-state index contributed by atoms with van der Waals surface area (Å²) in [4.78, 5) is 24.0. The molecule has 0 aliphatic heterocycles. The molecule has 7 nitrogen and oxygen atoms in total. The molecule has 0 aliphatic carbocycles. The molecule has 0 aliphatic rings. The zero-order chi connectivity index (χ0) is 16.8. The fourth-order valence-corrected chi connectivity index (χ4v) is 1.93. The van der Waals surface area contributed by atoms with Crippen LogP contribution in [-0.4, -0.2) is 34.7 Å². The molecular weight excluding hydrogens is 298 g/mol. The first-order chi connectivity index (χ1) is 11.0. The lowest BCUT2D eigenvalue weighted by Gasteiger charge is -2.14. The molecule has 0 saturated carbocycles. The van der Waals surface area contributed by atoms with E-state index in [1.165, 1.54) is 12.3 Å². The average molecular weight is 317 g/mol. The molecule has 0 fully saturated rings. The highest BCUT2D eigenvalue weighted by molar-refractivity contribution is 5.97. The van der Waals surface area contributed by atoms with Gasteiger partial charge in [-0.25, -0.2) is 0 Å². The monoisotopic (exact) mass is 317 g/mol. The summed E-state index contributed by atoms with van der Waals surface area (Å²) in [5.74, 6) is -0.656. The maximum Gasteiger partial charge on any atom is 0.252 e. The van der Waals surface area contributed by atoms with Crippen LogP contribution in [0.2, 0.25) is 0 Å². The third-order valence-corrected chi connectivity index (χ3v) is 3.41. The number of nitrogens with one attached hydrogen (secondary N) is 2. The molecule has 1 unspecified atom stereocenters. The van der Waals surface area contributed by atoms with Gasteiger partial charge < -0.3 is 20.3 Å².